The van der Waals surface area contributed by atoms with Crippen LogP contribution in [0.25, 0.3) is 5.57 Å². The number of benzene rings is 1. The number of ether oxygens (including phenoxy) is 2. The van der Waals surface area contributed by atoms with Gasteiger partial charge in [0.15, 0.2) is 0 Å². The van der Waals surface area contributed by atoms with Gasteiger partial charge in [-0.3, -0.25) is 9.67 Å². The highest BCUT2D eigenvalue weighted by Gasteiger charge is 2.14. The first-order chi connectivity index (χ1) is 15.6. The van der Waals surface area contributed by atoms with E-state index in [2.05, 4.69) is 45.6 Å². The molecule has 0 bridgehead atoms. The highest BCUT2D eigenvalue weighted by atomic mass is 16.5. The molecule has 0 spiro atoms. The number of hydrogen-bond acceptors (Lipinski definition) is 5. The Morgan fingerprint density at radius 3 is 2.59 bits per heavy atom. The van der Waals surface area contributed by atoms with Gasteiger partial charge >= 0.3 is 0 Å². The molecular formula is C26H28N4O2. The lowest BCUT2D eigenvalue weighted by Crippen LogP contribution is -2.22. The fourth-order valence-electron chi connectivity index (χ4n) is 3.31. The molecule has 1 aromatic carbocycles. The zero-order valence-electron chi connectivity index (χ0n) is 19.0. The maximum atomic E-state index is 5.47. The second-order valence-electron chi connectivity index (χ2n) is 7.10. The van der Waals surface area contributed by atoms with E-state index in [-0.39, 0.29) is 0 Å². The van der Waals surface area contributed by atoms with Gasteiger partial charge in [0, 0.05) is 60.2 Å². The Morgan fingerprint density at radius 2 is 2.00 bits per heavy atom. The standard InChI is InChI=1S/C26H28N4O2/c1-6-8-10-30(24-13-25(31-4)15-26(14-24)32-5)23(9-7-2)12-20-11-21(17-27-16-20)22-18-28-29(3)19-22/h7,9,11-15,17-19H,2,10,16H2,1,3-5H3/b20-12-,23-9+. The fraction of sp³-hybridized carbons (Fsp3) is 0.231. The van der Waals surface area contributed by atoms with Gasteiger partial charge in [-0.05, 0) is 30.7 Å². The van der Waals surface area contributed by atoms with Crippen molar-refractivity contribution in [1.29, 1.82) is 0 Å². The summed E-state index contributed by atoms with van der Waals surface area (Å²) in [5, 5.41) is 4.26. The Bertz CT molecular complexity index is 1130. The Hall–Kier alpha value is -3.98. The van der Waals surface area contributed by atoms with Gasteiger partial charge in [-0.25, -0.2) is 0 Å². The molecule has 0 amide bonds. The zero-order valence-corrected chi connectivity index (χ0v) is 19.0. The number of methoxy groups -OCH3 is 2. The maximum absolute atomic E-state index is 5.47. The number of dihydropyridines is 1. The molecule has 6 heteroatoms. The first kappa shape index (κ1) is 22.7. The van der Waals surface area contributed by atoms with Gasteiger partial charge in [0.25, 0.3) is 0 Å². The van der Waals surface area contributed by atoms with Crippen molar-refractivity contribution < 1.29 is 9.47 Å². The van der Waals surface area contributed by atoms with Crippen LogP contribution in [0, 0.1) is 11.8 Å². The van der Waals surface area contributed by atoms with Gasteiger partial charge in [0.2, 0.25) is 0 Å². The number of aromatic nitrogens is 2. The minimum absolute atomic E-state index is 0.499. The molecule has 0 fully saturated rings. The quantitative estimate of drug-likeness (QED) is 0.461. The van der Waals surface area contributed by atoms with Crippen molar-refractivity contribution in [1.82, 2.24) is 9.78 Å². The van der Waals surface area contributed by atoms with Crippen LogP contribution in [0.2, 0.25) is 0 Å². The molecule has 3 rings (SSSR count). The van der Waals surface area contributed by atoms with E-state index >= 15 is 0 Å². The molecule has 0 atom stereocenters. The number of hydrogen-bond donors (Lipinski definition) is 0. The lowest BCUT2D eigenvalue weighted by molar-refractivity contribution is 0.394. The van der Waals surface area contributed by atoms with Gasteiger partial charge in [0.05, 0.1) is 33.5 Å². The predicted molar refractivity (Wildman–Crippen MR) is 131 cm³/mol. The number of anilines is 1. The summed E-state index contributed by atoms with van der Waals surface area (Å²) in [6, 6.07) is 5.78. The highest BCUT2D eigenvalue weighted by Crippen LogP contribution is 2.31. The van der Waals surface area contributed by atoms with Gasteiger partial charge in [-0.2, -0.15) is 5.10 Å². The normalized spacial score (nSPS) is 14.4. The van der Waals surface area contributed by atoms with Crippen molar-refractivity contribution >= 4 is 17.5 Å². The highest BCUT2D eigenvalue weighted by molar-refractivity contribution is 6.11. The first-order valence-corrected chi connectivity index (χ1v) is 10.2. The van der Waals surface area contributed by atoms with Gasteiger partial charge in [-0.1, -0.05) is 18.6 Å². The molecule has 2 aromatic rings. The SMILES string of the molecule is C=C/C=C(\C=C1\C=C(c2cnn(C)c2)C=NC1)N(CC#CC)c1cc(OC)cc(OC)c1. The van der Waals surface area contributed by atoms with E-state index in [1.807, 2.05) is 56.9 Å². The number of aryl methyl sites for hydroxylation is 1. The van der Waals surface area contributed by atoms with Gasteiger partial charge < -0.3 is 14.4 Å². The molecular weight excluding hydrogens is 400 g/mol. The van der Waals surface area contributed by atoms with Crippen LogP contribution in [0.3, 0.4) is 0 Å². The minimum atomic E-state index is 0.499. The van der Waals surface area contributed by atoms with Crippen LogP contribution in [0.15, 0.2) is 77.7 Å². The summed E-state index contributed by atoms with van der Waals surface area (Å²) in [4.78, 5) is 6.65. The van der Waals surface area contributed by atoms with E-state index < -0.39 is 0 Å². The van der Waals surface area contributed by atoms with E-state index in [0.717, 1.165) is 28.1 Å². The van der Waals surface area contributed by atoms with Crippen molar-refractivity contribution in [2.24, 2.45) is 12.0 Å². The fourth-order valence-corrected chi connectivity index (χ4v) is 3.31. The average molecular weight is 429 g/mol. The maximum Gasteiger partial charge on any atom is 0.124 e. The van der Waals surface area contributed by atoms with Crippen LogP contribution < -0.4 is 14.4 Å². The van der Waals surface area contributed by atoms with E-state index in [4.69, 9.17) is 9.47 Å². The van der Waals surface area contributed by atoms with Crippen molar-refractivity contribution in [3.8, 4) is 23.3 Å². The lowest BCUT2D eigenvalue weighted by atomic mass is 10.0. The summed E-state index contributed by atoms with van der Waals surface area (Å²) in [5.74, 6) is 7.57. The molecule has 0 N–H and O–H groups in total. The van der Waals surface area contributed by atoms with Crippen molar-refractivity contribution in [2.45, 2.75) is 6.92 Å². The van der Waals surface area contributed by atoms with E-state index in [1.165, 1.54) is 0 Å². The topological polar surface area (TPSA) is 51.9 Å². The third-order valence-corrected chi connectivity index (χ3v) is 4.88. The monoisotopic (exact) mass is 428 g/mol. The van der Waals surface area contributed by atoms with E-state index in [9.17, 15) is 0 Å². The molecule has 0 saturated heterocycles. The summed E-state index contributed by atoms with van der Waals surface area (Å²) in [5.41, 5.74) is 4.97. The first-order valence-electron chi connectivity index (χ1n) is 10.2. The molecule has 2 heterocycles. The number of allylic oxidation sites excluding steroid dienone is 4. The van der Waals surface area contributed by atoms with E-state index in [1.54, 1.807) is 25.0 Å². The molecule has 1 aromatic heterocycles. The minimum Gasteiger partial charge on any atom is -0.497 e. The third kappa shape index (κ3) is 5.58. The summed E-state index contributed by atoms with van der Waals surface area (Å²) >= 11 is 0. The lowest BCUT2D eigenvalue weighted by Gasteiger charge is -2.25. The van der Waals surface area contributed by atoms with Gasteiger partial charge in [0.1, 0.15) is 11.5 Å². The Balaban J connectivity index is 2.04. The van der Waals surface area contributed by atoms with Crippen molar-refractivity contribution in [3.05, 3.63) is 78.3 Å². The summed E-state index contributed by atoms with van der Waals surface area (Å²) < 4.78 is 12.7. The van der Waals surface area contributed by atoms with Gasteiger partial charge in [-0.15, -0.1) is 5.92 Å². The van der Waals surface area contributed by atoms with Crippen molar-refractivity contribution in [2.75, 3.05) is 32.2 Å². The molecule has 32 heavy (non-hydrogen) atoms. The number of aliphatic imine (C=N–C) groups is 1. The predicted octanol–water partition coefficient (Wildman–Crippen LogP) is 4.43. The van der Waals surface area contributed by atoms with Crippen LogP contribution in [0.5, 0.6) is 11.5 Å². The Labute approximate surface area is 189 Å². The molecule has 164 valence electrons. The number of rotatable bonds is 8. The summed E-state index contributed by atoms with van der Waals surface area (Å²) in [7, 11) is 5.19. The molecule has 0 radical (unpaired) electrons. The number of nitrogens with zero attached hydrogens (tertiary/aromatic N) is 4. The van der Waals surface area contributed by atoms with Crippen molar-refractivity contribution in [3.63, 3.8) is 0 Å². The molecule has 0 unspecified atom stereocenters. The Morgan fingerprint density at radius 1 is 1.25 bits per heavy atom. The average Bonchev–Trinajstić information content (AvgIpc) is 3.25. The van der Waals surface area contributed by atoms with Crippen LogP contribution >= 0.6 is 0 Å². The summed E-state index contributed by atoms with van der Waals surface area (Å²) in [6.45, 7) is 6.83. The molecule has 0 saturated carbocycles. The summed E-state index contributed by atoms with van der Waals surface area (Å²) in [6.07, 6.45) is 13.7. The van der Waals surface area contributed by atoms with Crippen LogP contribution in [0.1, 0.15) is 12.5 Å². The van der Waals surface area contributed by atoms with Crippen LogP contribution in [0.4, 0.5) is 5.69 Å². The van der Waals surface area contributed by atoms with E-state index in [0.29, 0.717) is 24.6 Å². The second kappa shape index (κ2) is 10.9. The molecule has 1 aliphatic heterocycles. The van der Waals surface area contributed by atoms with Crippen LogP contribution in [-0.2, 0) is 7.05 Å². The molecule has 1 aliphatic rings. The third-order valence-electron chi connectivity index (χ3n) is 4.88. The van der Waals surface area contributed by atoms with Crippen LogP contribution in [-0.4, -0.2) is 43.3 Å². The zero-order chi connectivity index (χ0) is 22.9. The molecule has 6 nitrogen and oxygen atoms in total. The second-order valence-corrected chi connectivity index (χ2v) is 7.10. The smallest absolute Gasteiger partial charge is 0.124 e. The largest absolute Gasteiger partial charge is 0.497 e. The molecule has 0 aliphatic carbocycles. The Kier molecular flexibility index (Phi) is 7.71.